The number of rotatable bonds is 1. The van der Waals surface area contributed by atoms with E-state index in [4.69, 9.17) is 0 Å². The predicted molar refractivity (Wildman–Crippen MR) is 60.9 cm³/mol. The number of aromatic nitrogens is 3. The molecule has 0 amide bonds. The van der Waals surface area contributed by atoms with Crippen molar-refractivity contribution in [1.29, 1.82) is 0 Å². The number of nitrogens with zero attached hydrogens (tertiary/aromatic N) is 2. The van der Waals surface area contributed by atoms with Crippen LogP contribution in [0, 0.1) is 5.82 Å². The van der Waals surface area contributed by atoms with E-state index >= 15 is 0 Å². The zero-order valence-corrected chi connectivity index (χ0v) is 8.68. The molecule has 3 aromatic rings. The van der Waals surface area contributed by atoms with Gasteiger partial charge in [0, 0.05) is 12.3 Å². The Kier molecular flexibility index (Phi) is 2.04. The minimum atomic E-state index is -0.486. The minimum absolute atomic E-state index is 0.149. The molecule has 0 saturated carbocycles. The third-order valence-electron chi connectivity index (χ3n) is 2.47. The summed E-state index contributed by atoms with van der Waals surface area (Å²) in [5.41, 5.74) is 1.78. The quantitative estimate of drug-likeness (QED) is 0.673. The van der Waals surface area contributed by atoms with Crippen molar-refractivity contribution in [3.8, 4) is 17.1 Å². The summed E-state index contributed by atoms with van der Waals surface area (Å²) in [7, 11) is 0. The maximum Gasteiger partial charge on any atom is 0.178 e. The number of hydrogen-bond acceptors (Lipinski definition) is 3. The molecule has 0 aliphatic carbocycles. The number of aromatic hydroxyl groups is 1. The van der Waals surface area contributed by atoms with Crippen molar-refractivity contribution in [1.82, 2.24) is 15.0 Å². The second kappa shape index (κ2) is 3.55. The van der Waals surface area contributed by atoms with Crippen molar-refractivity contribution in [3.63, 3.8) is 0 Å². The van der Waals surface area contributed by atoms with Gasteiger partial charge < -0.3 is 10.1 Å². The third kappa shape index (κ3) is 1.61. The molecular weight excluding hydrogens is 221 g/mol. The van der Waals surface area contributed by atoms with E-state index in [0.29, 0.717) is 17.0 Å². The topological polar surface area (TPSA) is 61.8 Å². The Morgan fingerprint density at radius 3 is 2.88 bits per heavy atom. The summed E-state index contributed by atoms with van der Waals surface area (Å²) in [6.07, 6.45) is 1.64. The molecule has 3 rings (SSSR count). The molecule has 0 unspecified atom stereocenters. The Morgan fingerprint density at radius 2 is 2.12 bits per heavy atom. The molecule has 0 bridgehead atoms. The molecule has 0 radical (unpaired) electrons. The SMILES string of the molecule is Oc1cc(F)ccc1-c1nc2ncccc2[nH]1. The van der Waals surface area contributed by atoms with Gasteiger partial charge in [-0.1, -0.05) is 0 Å². The lowest BCUT2D eigenvalue weighted by atomic mass is 10.2. The maximum absolute atomic E-state index is 12.9. The molecule has 0 fully saturated rings. The van der Waals surface area contributed by atoms with Crippen LogP contribution in [0.25, 0.3) is 22.6 Å². The Balaban J connectivity index is 2.20. The van der Waals surface area contributed by atoms with Crippen molar-refractivity contribution < 1.29 is 9.50 Å². The lowest BCUT2D eigenvalue weighted by Crippen LogP contribution is -1.83. The summed E-state index contributed by atoms with van der Waals surface area (Å²) in [6, 6.07) is 7.42. The van der Waals surface area contributed by atoms with E-state index in [9.17, 15) is 9.50 Å². The molecule has 4 nitrogen and oxygen atoms in total. The lowest BCUT2D eigenvalue weighted by Gasteiger charge is -2.00. The first-order valence-corrected chi connectivity index (χ1v) is 5.03. The molecule has 0 aliphatic rings. The van der Waals surface area contributed by atoms with Gasteiger partial charge in [0.15, 0.2) is 5.65 Å². The fourth-order valence-corrected chi connectivity index (χ4v) is 1.68. The number of phenols is 1. The monoisotopic (exact) mass is 229 g/mol. The van der Waals surface area contributed by atoms with Gasteiger partial charge in [-0.2, -0.15) is 0 Å². The van der Waals surface area contributed by atoms with E-state index in [-0.39, 0.29) is 5.75 Å². The van der Waals surface area contributed by atoms with Crippen LogP contribution in [-0.2, 0) is 0 Å². The van der Waals surface area contributed by atoms with E-state index in [1.807, 2.05) is 6.07 Å². The van der Waals surface area contributed by atoms with Crippen LogP contribution in [0.1, 0.15) is 0 Å². The normalized spacial score (nSPS) is 10.9. The van der Waals surface area contributed by atoms with Crippen LogP contribution in [0.3, 0.4) is 0 Å². The van der Waals surface area contributed by atoms with Crippen molar-refractivity contribution in [2.45, 2.75) is 0 Å². The number of hydrogen-bond donors (Lipinski definition) is 2. The first-order valence-electron chi connectivity index (χ1n) is 5.03. The molecule has 2 aromatic heterocycles. The molecule has 5 heteroatoms. The molecule has 2 heterocycles. The molecule has 0 atom stereocenters. The van der Waals surface area contributed by atoms with E-state index in [2.05, 4.69) is 15.0 Å². The third-order valence-corrected chi connectivity index (χ3v) is 2.47. The van der Waals surface area contributed by atoms with Gasteiger partial charge >= 0.3 is 0 Å². The van der Waals surface area contributed by atoms with E-state index in [1.165, 1.54) is 12.1 Å². The van der Waals surface area contributed by atoms with Crippen LogP contribution >= 0.6 is 0 Å². The molecule has 0 spiro atoms. The van der Waals surface area contributed by atoms with Crippen LogP contribution in [0.15, 0.2) is 36.5 Å². The van der Waals surface area contributed by atoms with E-state index in [0.717, 1.165) is 11.6 Å². The highest BCUT2D eigenvalue weighted by atomic mass is 19.1. The Hall–Kier alpha value is -2.43. The van der Waals surface area contributed by atoms with Crippen molar-refractivity contribution >= 4 is 11.2 Å². The zero-order valence-electron chi connectivity index (χ0n) is 8.68. The van der Waals surface area contributed by atoms with Crippen LogP contribution in [0.4, 0.5) is 4.39 Å². The number of imidazole rings is 1. The van der Waals surface area contributed by atoms with Gasteiger partial charge in [0.1, 0.15) is 17.4 Å². The number of halogens is 1. The Bertz CT molecular complexity index is 660. The number of nitrogens with one attached hydrogen (secondary N) is 1. The Labute approximate surface area is 95.8 Å². The second-order valence-electron chi connectivity index (χ2n) is 3.62. The standard InChI is InChI=1S/C12H8FN3O/c13-7-3-4-8(10(17)6-7)11-15-9-2-1-5-14-12(9)16-11/h1-6,17H,(H,14,15,16). The summed E-state index contributed by atoms with van der Waals surface area (Å²) in [5.74, 6) is -0.166. The first-order chi connectivity index (χ1) is 8.24. The molecule has 0 saturated heterocycles. The molecule has 1 aromatic carbocycles. The lowest BCUT2D eigenvalue weighted by molar-refractivity contribution is 0.471. The number of fused-ring (bicyclic) bond motifs is 1. The molecule has 2 N–H and O–H groups in total. The average molecular weight is 229 g/mol. The first kappa shape index (κ1) is 9.77. The highest BCUT2D eigenvalue weighted by Gasteiger charge is 2.10. The van der Waals surface area contributed by atoms with E-state index in [1.54, 1.807) is 12.3 Å². The zero-order chi connectivity index (χ0) is 11.8. The fraction of sp³-hybridized carbons (Fsp3) is 0. The number of aromatic amines is 1. The summed E-state index contributed by atoms with van der Waals surface area (Å²) in [6.45, 7) is 0. The minimum Gasteiger partial charge on any atom is -0.507 e. The maximum atomic E-state index is 12.9. The molecule has 17 heavy (non-hydrogen) atoms. The highest BCUT2D eigenvalue weighted by molar-refractivity contribution is 5.77. The molecule has 84 valence electrons. The number of benzene rings is 1. The van der Waals surface area contributed by atoms with Gasteiger partial charge in [0.2, 0.25) is 0 Å². The summed E-state index contributed by atoms with van der Waals surface area (Å²) in [5, 5.41) is 9.65. The average Bonchev–Trinajstić information content (AvgIpc) is 2.72. The highest BCUT2D eigenvalue weighted by Crippen LogP contribution is 2.28. The van der Waals surface area contributed by atoms with Crippen molar-refractivity contribution in [3.05, 3.63) is 42.3 Å². The van der Waals surface area contributed by atoms with Gasteiger partial charge in [-0.15, -0.1) is 0 Å². The molecule has 0 aliphatic heterocycles. The van der Waals surface area contributed by atoms with Crippen LogP contribution < -0.4 is 0 Å². The van der Waals surface area contributed by atoms with Gasteiger partial charge in [-0.3, -0.25) is 0 Å². The summed E-state index contributed by atoms with van der Waals surface area (Å²) in [4.78, 5) is 11.3. The van der Waals surface area contributed by atoms with Gasteiger partial charge in [-0.05, 0) is 24.3 Å². The predicted octanol–water partition coefficient (Wildman–Crippen LogP) is 2.47. The van der Waals surface area contributed by atoms with Gasteiger partial charge in [-0.25, -0.2) is 14.4 Å². The fourth-order valence-electron chi connectivity index (χ4n) is 1.68. The van der Waals surface area contributed by atoms with Gasteiger partial charge in [0.05, 0.1) is 11.1 Å². The number of pyridine rings is 1. The van der Waals surface area contributed by atoms with Crippen molar-refractivity contribution in [2.75, 3.05) is 0 Å². The van der Waals surface area contributed by atoms with Crippen LogP contribution in [0.5, 0.6) is 5.75 Å². The summed E-state index contributed by atoms with van der Waals surface area (Å²) < 4.78 is 12.9. The van der Waals surface area contributed by atoms with Crippen LogP contribution in [0.2, 0.25) is 0 Å². The van der Waals surface area contributed by atoms with E-state index < -0.39 is 5.82 Å². The smallest absolute Gasteiger partial charge is 0.178 e. The van der Waals surface area contributed by atoms with Crippen molar-refractivity contribution in [2.24, 2.45) is 0 Å². The summed E-state index contributed by atoms with van der Waals surface area (Å²) >= 11 is 0. The number of H-pyrrole nitrogens is 1. The largest absolute Gasteiger partial charge is 0.507 e. The van der Waals surface area contributed by atoms with Gasteiger partial charge in [0.25, 0.3) is 0 Å². The Morgan fingerprint density at radius 1 is 1.24 bits per heavy atom. The second-order valence-corrected chi connectivity index (χ2v) is 3.62. The number of phenolic OH excluding ortho intramolecular Hbond substituents is 1. The van der Waals surface area contributed by atoms with Crippen LogP contribution in [-0.4, -0.2) is 20.1 Å². The molecular formula is C12H8FN3O.